The lowest BCUT2D eigenvalue weighted by atomic mass is 10.2. The topological polar surface area (TPSA) is 55.0 Å². The number of aromatic nitrogens is 1. The molecule has 0 aliphatic heterocycles. The first-order valence-corrected chi connectivity index (χ1v) is 5.44. The van der Waals surface area contributed by atoms with Crippen molar-refractivity contribution in [2.24, 2.45) is 0 Å². The zero-order valence-electron chi connectivity index (χ0n) is 10.2. The maximum atomic E-state index is 11.5. The van der Waals surface area contributed by atoms with E-state index in [9.17, 15) is 4.79 Å². The van der Waals surface area contributed by atoms with Crippen molar-refractivity contribution in [1.29, 1.82) is 5.26 Å². The molecule has 4 nitrogen and oxygen atoms in total. The number of hydrogen-bond acceptors (Lipinski definition) is 3. The summed E-state index contributed by atoms with van der Waals surface area (Å²) >= 11 is 0. The van der Waals surface area contributed by atoms with E-state index in [-0.39, 0.29) is 11.0 Å². The number of nitrogens with zero attached hydrogens (tertiary/aromatic N) is 2. The monoisotopic (exact) mass is 240 g/mol. The smallest absolute Gasteiger partial charge is 0.199 e. The predicted molar refractivity (Wildman–Crippen MR) is 68.0 cm³/mol. The van der Waals surface area contributed by atoms with Gasteiger partial charge >= 0.3 is 0 Å². The predicted octanol–water partition coefficient (Wildman–Crippen LogP) is 2.03. The number of benzene rings is 1. The molecule has 0 bridgehead atoms. The maximum Gasteiger partial charge on any atom is 0.199 e. The average Bonchev–Trinajstić information content (AvgIpc) is 2.39. The highest BCUT2D eigenvalue weighted by Gasteiger charge is 2.08. The number of para-hydroxylation sites is 2. The van der Waals surface area contributed by atoms with Gasteiger partial charge < -0.3 is 9.30 Å². The molecule has 1 aromatic heterocycles. The van der Waals surface area contributed by atoms with Crippen molar-refractivity contribution in [3.05, 3.63) is 58.0 Å². The molecule has 0 saturated heterocycles. The standard InChI is InChI=1S/C14H12N2O2/c1-10-7-13(17)11(8-15)9-16(10)12-5-3-4-6-14(12)18-2/h3-7,9H,1-2H3. The molecular formula is C14H12N2O2. The van der Waals surface area contributed by atoms with E-state index in [1.807, 2.05) is 37.3 Å². The highest BCUT2D eigenvalue weighted by molar-refractivity contribution is 5.48. The highest BCUT2D eigenvalue weighted by Crippen LogP contribution is 2.22. The Morgan fingerprint density at radius 1 is 1.33 bits per heavy atom. The van der Waals surface area contributed by atoms with Crippen LogP contribution < -0.4 is 10.2 Å². The summed E-state index contributed by atoms with van der Waals surface area (Å²) in [7, 11) is 1.59. The largest absolute Gasteiger partial charge is 0.495 e. The number of pyridine rings is 1. The summed E-state index contributed by atoms with van der Waals surface area (Å²) < 4.78 is 7.05. The highest BCUT2D eigenvalue weighted by atomic mass is 16.5. The second-order valence-corrected chi connectivity index (χ2v) is 3.85. The van der Waals surface area contributed by atoms with Crippen molar-refractivity contribution in [3.63, 3.8) is 0 Å². The first-order valence-electron chi connectivity index (χ1n) is 5.44. The summed E-state index contributed by atoms with van der Waals surface area (Å²) in [5.41, 5.74) is 1.41. The molecule has 0 radical (unpaired) electrons. The van der Waals surface area contributed by atoms with E-state index >= 15 is 0 Å². The van der Waals surface area contributed by atoms with Crippen LogP contribution in [0.2, 0.25) is 0 Å². The average molecular weight is 240 g/mol. The minimum atomic E-state index is -0.263. The summed E-state index contributed by atoms with van der Waals surface area (Å²) in [6.07, 6.45) is 1.54. The third-order valence-corrected chi connectivity index (χ3v) is 2.71. The SMILES string of the molecule is COc1ccccc1-n1cc(C#N)c(=O)cc1C. The third-order valence-electron chi connectivity index (χ3n) is 2.71. The Labute approximate surface area is 105 Å². The zero-order chi connectivity index (χ0) is 13.1. The molecular weight excluding hydrogens is 228 g/mol. The molecule has 0 atom stereocenters. The molecule has 90 valence electrons. The number of aryl methyl sites for hydroxylation is 1. The molecule has 1 heterocycles. The Morgan fingerprint density at radius 2 is 2.06 bits per heavy atom. The third kappa shape index (κ3) is 1.98. The number of ether oxygens (including phenoxy) is 1. The van der Waals surface area contributed by atoms with Crippen LogP contribution in [0.3, 0.4) is 0 Å². The lowest BCUT2D eigenvalue weighted by molar-refractivity contribution is 0.412. The van der Waals surface area contributed by atoms with E-state index < -0.39 is 0 Å². The molecule has 0 spiro atoms. The lowest BCUT2D eigenvalue weighted by Crippen LogP contribution is -2.12. The zero-order valence-corrected chi connectivity index (χ0v) is 10.2. The van der Waals surface area contributed by atoms with Gasteiger partial charge in [0.2, 0.25) is 0 Å². The minimum absolute atomic E-state index is 0.117. The van der Waals surface area contributed by atoms with E-state index in [1.165, 1.54) is 12.3 Å². The van der Waals surface area contributed by atoms with Crippen LogP contribution in [0.4, 0.5) is 0 Å². The van der Waals surface area contributed by atoms with E-state index in [0.717, 1.165) is 11.4 Å². The maximum absolute atomic E-state index is 11.5. The van der Waals surface area contributed by atoms with Crippen LogP contribution in [0.25, 0.3) is 5.69 Å². The van der Waals surface area contributed by atoms with E-state index in [1.54, 1.807) is 11.7 Å². The quantitative estimate of drug-likeness (QED) is 0.807. The van der Waals surface area contributed by atoms with Crippen molar-refractivity contribution in [1.82, 2.24) is 4.57 Å². The van der Waals surface area contributed by atoms with Crippen LogP contribution in [0.15, 0.2) is 41.3 Å². The summed E-state index contributed by atoms with van der Waals surface area (Å²) in [6.45, 7) is 1.81. The van der Waals surface area contributed by atoms with E-state index in [2.05, 4.69) is 0 Å². The van der Waals surface area contributed by atoms with Gasteiger partial charge in [-0.2, -0.15) is 5.26 Å². The molecule has 0 amide bonds. The molecule has 2 rings (SSSR count). The number of methoxy groups -OCH3 is 1. The van der Waals surface area contributed by atoms with Gasteiger partial charge in [0.05, 0.1) is 12.8 Å². The minimum Gasteiger partial charge on any atom is -0.495 e. The summed E-state index contributed by atoms with van der Waals surface area (Å²) in [4.78, 5) is 11.5. The fraction of sp³-hybridized carbons (Fsp3) is 0.143. The molecule has 0 aliphatic rings. The molecule has 1 aromatic carbocycles. The molecule has 0 fully saturated rings. The number of nitriles is 1. The first-order chi connectivity index (χ1) is 8.67. The lowest BCUT2D eigenvalue weighted by Gasteiger charge is -2.14. The molecule has 0 saturated carbocycles. The molecule has 18 heavy (non-hydrogen) atoms. The van der Waals surface area contributed by atoms with Gasteiger partial charge in [0.1, 0.15) is 17.4 Å². The van der Waals surface area contributed by atoms with E-state index in [0.29, 0.717) is 5.75 Å². The Balaban J connectivity index is 2.72. The van der Waals surface area contributed by atoms with Crippen LogP contribution in [0.5, 0.6) is 5.75 Å². The van der Waals surface area contributed by atoms with Gasteiger partial charge in [-0.3, -0.25) is 4.79 Å². The van der Waals surface area contributed by atoms with Crippen LogP contribution in [-0.2, 0) is 0 Å². The molecule has 0 aliphatic carbocycles. The second kappa shape index (κ2) is 4.76. The fourth-order valence-corrected chi connectivity index (χ4v) is 1.80. The van der Waals surface area contributed by atoms with Crippen molar-refractivity contribution >= 4 is 0 Å². The van der Waals surface area contributed by atoms with Gasteiger partial charge in [0.25, 0.3) is 0 Å². The van der Waals surface area contributed by atoms with Crippen molar-refractivity contribution < 1.29 is 4.74 Å². The van der Waals surface area contributed by atoms with Gasteiger partial charge in [-0.25, -0.2) is 0 Å². The molecule has 4 heteroatoms. The number of hydrogen-bond donors (Lipinski definition) is 0. The van der Waals surface area contributed by atoms with Crippen LogP contribution >= 0.6 is 0 Å². The van der Waals surface area contributed by atoms with Gasteiger partial charge in [-0.15, -0.1) is 0 Å². The summed E-state index contributed by atoms with van der Waals surface area (Å²) in [5, 5.41) is 8.91. The van der Waals surface area contributed by atoms with Crippen molar-refractivity contribution in [3.8, 4) is 17.5 Å². The van der Waals surface area contributed by atoms with Crippen LogP contribution in [0.1, 0.15) is 11.3 Å². The van der Waals surface area contributed by atoms with Crippen molar-refractivity contribution in [2.45, 2.75) is 6.92 Å². The Kier molecular flexibility index (Phi) is 3.16. The van der Waals surface area contributed by atoms with Crippen LogP contribution in [-0.4, -0.2) is 11.7 Å². The molecule has 2 aromatic rings. The normalized spacial score (nSPS) is 9.83. The Morgan fingerprint density at radius 3 is 2.72 bits per heavy atom. The van der Waals surface area contributed by atoms with Gasteiger partial charge in [0, 0.05) is 18.0 Å². The summed E-state index contributed by atoms with van der Waals surface area (Å²) in [5.74, 6) is 0.688. The Bertz CT molecular complexity index is 681. The first kappa shape index (κ1) is 11.9. The second-order valence-electron chi connectivity index (χ2n) is 3.85. The van der Waals surface area contributed by atoms with Gasteiger partial charge in [-0.1, -0.05) is 12.1 Å². The Hall–Kier alpha value is -2.54. The van der Waals surface area contributed by atoms with Crippen LogP contribution in [0, 0.1) is 18.3 Å². The van der Waals surface area contributed by atoms with Crippen molar-refractivity contribution in [2.75, 3.05) is 7.11 Å². The van der Waals surface area contributed by atoms with Gasteiger partial charge in [-0.05, 0) is 19.1 Å². The summed E-state index contributed by atoms with van der Waals surface area (Å²) in [6, 6.07) is 10.8. The molecule has 0 unspecified atom stereocenters. The number of rotatable bonds is 2. The van der Waals surface area contributed by atoms with Gasteiger partial charge in [0.15, 0.2) is 5.43 Å². The van der Waals surface area contributed by atoms with E-state index in [4.69, 9.17) is 10.00 Å². The fourth-order valence-electron chi connectivity index (χ4n) is 1.80. The molecule has 0 N–H and O–H groups in total.